The Morgan fingerprint density at radius 1 is 1.50 bits per heavy atom. The van der Waals surface area contributed by atoms with Gasteiger partial charge in [-0.2, -0.15) is 0 Å². The van der Waals surface area contributed by atoms with Gasteiger partial charge in [-0.3, -0.25) is 0 Å². The minimum absolute atomic E-state index is 0.394. The Bertz CT molecular complexity index is 379. The molecule has 1 aromatic rings. The molecule has 1 atom stereocenters. The SMILES string of the molecule is C#CCC(CC)NCc1ccc(C)c(Cl)c1. The lowest BCUT2D eigenvalue weighted by atomic mass is 10.1. The maximum atomic E-state index is 6.06. The molecule has 1 aromatic carbocycles. The molecule has 0 spiro atoms. The number of rotatable bonds is 5. The quantitative estimate of drug-likeness (QED) is 0.770. The van der Waals surface area contributed by atoms with Crippen LogP contribution in [0.5, 0.6) is 0 Å². The Morgan fingerprint density at radius 3 is 2.81 bits per heavy atom. The summed E-state index contributed by atoms with van der Waals surface area (Å²) in [6.07, 6.45) is 7.13. The topological polar surface area (TPSA) is 12.0 Å². The van der Waals surface area contributed by atoms with Gasteiger partial charge in [0.25, 0.3) is 0 Å². The first kappa shape index (κ1) is 13.1. The summed E-state index contributed by atoms with van der Waals surface area (Å²) in [7, 11) is 0. The summed E-state index contributed by atoms with van der Waals surface area (Å²) < 4.78 is 0. The molecule has 0 bridgehead atoms. The number of hydrogen-bond donors (Lipinski definition) is 1. The lowest BCUT2D eigenvalue weighted by Crippen LogP contribution is -2.27. The van der Waals surface area contributed by atoms with Crippen LogP contribution >= 0.6 is 11.6 Å². The van der Waals surface area contributed by atoms with E-state index in [1.165, 1.54) is 5.56 Å². The molecule has 0 radical (unpaired) electrons. The van der Waals surface area contributed by atoms with E-state index in [1.54, 1.807) is 0 Å². The van der Waals surface area contributed by atoms with Crippen LogP contribution in [0.3, 0.4) is 0 Å². The smallest absolute Gasteiger partial charge is 0.0438 e. The van der Waals surface area contributed by atoms with Gasteiger partial charge in [0.15, 0.2) is 0 Å². The highest BCUT2D eigenvalue weighted by molar-refractivity contribution is 6.31. The summed E-state index contributed by atoms with van der Waals surface area (Å²) in [6, 6.07) is 6.54. The van der Waals surface area contributed by atoms with Crippen molar-refractivity contribution in [3.63, 3.8) is 0 Å². The molecule has 1 nitrogen and oxygen atoms in total. The van der Waals surface area contributed by atoms with E-state index in [-0.39, 0.29) is 0 Å². The second-order valence-corrected chi connectivity index (χ2v) is 4.39. The Labute approximate surface area is 103 Å². The van der Waals surface area contributed by atoms with Crippen molar-refractivity contribution in [2.24, 2.45) is 0 Å². The average Bonchev–Trinajstić information content (AvgIpc) is 2.28. The van der Waals surface area contributed by atoms with E-state index in [4.69, 9.17) is 18.0 Å². The first-order valence-electron chi connectivity index (χ1n) is 5.59. The van der Waals surface area contributed by atoms with Gasteiger partial charge in [0.1, 0.15) is 0 Å². The molecule has 0 aliphatic rings. The number of halogens is 1. The fourth-order valence-corrected chi connectivity index (χ4v) is 1.71. The summed E-state index contributed by atoms with van der Waals surface area (Å²) in [5, 5.41) is 4.26. The van der Waals surface area contributed by atoms with Crippen LogP contribution in [0, 0.1) is 19.3 Å². The van der Waals surface area contributed by atoms with E-state index in [1.807, 2.05) is 19.1 Å². The second kappa shape index (κ2) is 6.58. The summed E-state index contributed by atoms with van der Waals surface area (Å²) in [4.78, 5) is 0. The van der Waals surface area contributed by atoms with Crippen molar-refractivity contribution in [2.75, 3.05) is 0 Å². The zero-order valence-electron chi connectivity index (χ0n) is 9.89. The fraction of sp³-hybridized carbons (Fsp3) is 0.429. The number of benzene rings is 1. The summed E-state index contributed by atoms with van der Waals surface area (Å²) >= 11 is 6.06. The van der Waals surface area contributed by atoms with Crippen LogP contribution in [0.4, 0.5) is 0 Å². The summed E-state index contributed by atoms with van der Waals surface area (Å²) in [5.41, 5.74) is 2.31. The molecular formula is C14H18ClN. The van der Waals surface area contributed by atoms with Crippen molar-refractivity contribution in [1.29, 1.82) is 0 Å². The van der Waals surface area contributed by atoms with E-state index in [0.29, 0.717) is 6.04 Å². The van der Waals surface area contributed by atoms with E-state index in [2.05, 4.69) is 24.2 Å². The molecule has 0 aromatic heterocycles. The van der Waals surface area contributed by atoms with Crippen LogP contribution < -0.4 is 5.32 Å². The highest BCUT2D eigenvalue weighted by Gasteiger charge is 2.04. The molecule has 16 heavy (non-hydrogen) atoms. The Morgan fingerprint density at radius 2 is 2.25 bits per heavy atom. The Balaban J connectivity index is 2.54. The largest absolute Gasteiger partial charge is 0.309 e. The molecule has 0 saturated heterocycles. The van der Waals surface area contributed by atoms with Crippen LogP contribution in [0.15, 0.2) is 18.2 Å². The van der Waals surface area contributed by atoms with Gasteiger partial charge in [-0.15, -0.1) is 12.3 Å². The van der Waals surface area contributed by atoms with E-state index in [0.717, 1.165) is 30.0 Å². The molecule has 2 heteroatoms. The van der Waals surface area contributed by atoms with Crippen LogP contribution in [-0.2, 0) is 6.54 Å². The monoisotopic (exact) mass is 235 g/mol. The van der Waals surface area contributed by atoms with Crippen molar-refractivity contribution in [2.45, 2.75) is 39.3 Å². The maximum absolute atomic E-state index is 6.06. The molecule has 1 rings (SSSR count). The van der Waals surface area contributed by atoms with Gasteiger partial charge in [-0.05, 0) is 30.5 Å². The number of aryl methyl sites for hydroxylation is 1. The summed E-state index contributed by atoms with van der Waals surface area (Å²) in [5.74, 6) is 2.69. The first-order chi connectivity index (χ1) is 7.67. The van der Waals surface area contributed by atoms with Gasteiger partial charge in [-0.1, -0.05) is 30.7 Å². The van der Waals surface area contributed by atoms with Crippen molar-refractivity contribution < 1.29 is 0 Å². The summed E-state index contributed by atoms with van der Waals surface area (Å²) in [6.45, 7) is 4.96. The lowest BCUT2D eigenvalue weighted by molar-refractivity contribution is 0.507. The average molecular weight is 236 g/mol. The van der Waals surface area contributed by atoms with Gasteiger partial charge in [-0.25, -0.2) is 0 Å². The molecule has 0 fully saturated rings. The zero-order chi connectivity index (χ0) is 12.0. The van der Waals surface area contributed by atoms with Gasteiger partial charge >= 0.3 is 0 Å². The first-order valence-corrected chi connectivity index (χ1v) is 5.97. The Hall–Kier alpha value is -0.970. The van der Waals surface area contributed by atoms with E-state index >= 15 is 0 Å². The number of hydrogen-bond acceptors (Lipinski definition) is 1. The van der Waals surface area contributed by atoms with Crippen molar-refractivity contribution in [1.82, 2.24) is 5.32 Å². The third-order valence-electron chi connectivity index (χ3n) is 2.69. The molecule has 1 N–H and O–H groups in total. The van der Waals surface area contributed by atoms with Crippen LogP contribution in [0.1, 0.15) is 30.9 Å². The number of terminal acetylenes is 1. The molecule has 0 aliphatic heterocycles. The van der Waals surface area contributed by atoms with Gasteiger partial charge in [0, 0.05) is 24.0 Å². The molecule has 86 valence electrons. The predicted molar refractivity (Wildman–Crippen MR) is 70.6 cm³/mol. The van der Waals surface area contributed by atoms with E-state index < -0.39 is 0 Å². The van der Waals surface area contributed by atoms with Crippen LogP contribution in [0.25, 0.3) is 0 Å². The third-order valence-corrected chi connectivity index (χ3v) is 3.10. The van der Waals surface area contributed by atoms with Gasteiger partial charge in [0.2, 0.25) is 0 Å². The molecular weight excluding hydrogens is 218 g/mol. The maximum Gasteiger partial charge on any atom is 0.0438 e. The zero-order valence-corrected chi connectivity index (χ0v) is 10.6. The minimum atomic E-state index is 0.394. The van der Waals surface area contributed by atoms with Crippen LogP contribution in [-0.4, -0.2) is 6.04 Å². The predicted octanol–water partition coefficient (Wildman–Crippen LogP) is 3.54. The molecule has 1 unspecified atom stereocenters. The second-order valence-electron chi connectivity index (χ2n) is 3.98. The standard InChI is InChI=1S/C14H18ClN/c1-4-6-13(5-2)16-10-12-8-7-11(3)14(15)9-12/h1,7-9,13,16H,5-6,10H2,2-3H3. The third kappa shape index (κ3) is 3.89. The highest BCUT2D eigenvalue weighted by atomic mass is 35.5. The van der Waals surface area contributed by atoms with Gasteiger partial charge in [0.05, 0.1) is 0 Å². The van der Waals surface area contributed by atoms with E-state index in [9.17, 15) is 0 Å². The van der Waals surface area contributed by atoms with Crippen LogP contribution in [0.2, 0.25) is 5.02 Å². The fourth-order valence-electron chi connectivity index (χ4n) is 1.51. The highest BCUT2D eigenvalue weighted by Crippen LogP contribution is 2.16. The number of nitrogens with one attached hydrogen (secondary N) is 1. The van der Waals surface area contributed by atoms with Gasteiger partial charge < -0.3 is 5.32 Å². The minimum Gasteiger partial charge on any atom is -0.309 e. The Kier molecular flexibility index (Phi) is 5.38. The normalized spacial score (nSPS) is 12.1. The molecule has 0 heterocycles. The van der Waals surface area contributed by atoms with Crippen molar-refractivity contribution >= 4 is 11.6 Å². The lowest BCUT2D eigenvalue weighted by Gasteiger charge is -2.14. The molecule has 0 amide bonds. The van der Waals surface area contributed by atoms with Crippen molar-refractivity contribution in [3.8, 4) is 12.3 Å². The molecule has 0 saturated carbocycles. The van der Waals surface area contributed by atoms with Crippen molar-refractivity contribution in [3.05, 3.63) is 34.3 Å². The molecule has 0 aliphatic carbocycles.